The van der Waals surface area contributed by atoms with E-state index in [0.717, 1.165) is 25.4 Å². The molecule has 1 aromatic rings. The molecule has 1 aliphatic heterocycles. The van der Waals surface area contributed by atoms with Crippen LogP contribution in [0.2, 0.25) is 5.02 Å². The van der Waals surface area contributed by atoms with Crippen molar-refractivity contribution in [3.63, 3.8) is 0 Å². The Hall–Kier alpha value is -0.770. The zero-order chi connectivity index (χ0) is 13.7. The van der Waals surface area contributed by atoms with Gasteiger partial charge in [0.15, 0.2) is 0 Å². The monoisotopic (exact) mass is 282 g/mol. The van der Waals surface area contributed by atoms with Crippen LogP contribution in [0.15, 0.2) is 18.2 Å². The topological polar surface area (TPSA) is 24.5 Å². The molecule has 0 saturated carbocycles. The minimum atomic E-state index is 0.679. The summed E-state index contributed by atoms with van der Waals surface area (Å²) in [5.74, 6) is 0.735. The molecule has 0 spiro atoms. The van der Waals surface area contributed by atoms with Gasteiger partial charge >= 0.3 is 0 Å². The predicted molar refractivity (Wildman–Crippen MR) is 80.0 cm³/mol. The maximum absolute atomic E-state index is 6.12. The normalized spacial score (nSPS) is 19.8. The number of halogens is 1. The summed E-state index contributed by atoms with van der Waals surface area (Å²) >= 11 is 6.12. The van der Waals surface area contributed by atoms with Crippen molar-refractivity contribution in [1.29, 1.82) is 0 Å². The summed E-state index contributed by atoms with van der Waals surface area (Å²) in [6.07, 6.45) is 2.64. The largest absolute Gasteiger partial charge is 0.495 e. The van der Waals surface area contributed by atoms with E-state index >= 15 is 0 Å². The minimum absolute atomic E-state index is 0.679. The number of methoxy groups -OCH3 is 1. The van der Waals surface area contributed by atoms with Crippen LogP contribution < -0.4 is 10.1 Å². The average molecular weight is 283 g/mol. The maximum Gasteiger partial charge on any atom is 0.137 e. The molecule has 19 heavy (non-hydrogen) atoms. The summed E-state index contributed by atoms with van der Waals surface area (Å²) in [6, 6.07) is 6.65. The lowest BCUT2D eigenvalue weighted by Gasteiger charge is -2.23. The van der Waals surface area contributed by atoms with Crippen molar-refractivity contribution in [2.45, 2.75) is 32.4 Å². The van der Waals surface area contributed by atoms with Crippen molar-refractivity contribution in [2.75, 3.05) is 26.7 Å². The van der Waals surface area contributed by atoms with E-state index in [2.05, 4.69) is 23.2 Å². The first-order valence-corrected chi connectivity index (χ1v) is 7.39. The van der Waals surface area contributed by atoms with Gasteiger partial charge in [-0.15, -0.1) is 0 Å². The number of hydrogen-bond acceptors (Lipinski definition) is 3. The molecule has 0 amide bonds. The van der Waals surface area contributed by atoms with Gasteiger partial charge in [-0.2, -0.15) is 0 Å². The number of ether oxygens (including phenoxy) is 1. The molecule has 1 atom stereocenters. The number of benzene rings is 1. The smallest absolute Gasteiger partial charge is 0.137 e. The van der Waals surface area contributed by atoms with Gasteiger partial charge in [0.25, 0.3) is 0 Å². The third kappa shape index (κ3) is 3.85. The molecule has 3 nitrogen and oxygen atoms in total. The molecule has 0 aromatic heterocycles. The second kappa shape index (κ2) is 7.13. The number of likely N-dealkylation sites (tertiary alicyclic amines) is 1. The van der Waals surface area contributed by atoms with E-state index in [4.69, 9.17) is 16.3 Å². The van der Waals surface area contributed by atoms with E-state index in [1.54, 1.807) is 7.11 Å². The lowest BCUT2D eigenvalue weighted by molar-refractivity contribution is 0.260. The van der Waals surface area contributed by atoms with Crippen molar-refractivity contribution >= 4 is 11.6 Å². The Morgan fingerprint density at radius 2 is 2.32 bits per heavy atom. The van der Waals surface area contributed by atoms with Crippen molar-refractivity contribution < 1.29 is 4.74 Å². The van der Waals surface area contributed by atoms with Gasteiger partial charge in [-0.3, -0.25) is 4.90 Å². The summed E-state index contributed by atoms with van der Waals surface area (Å²) in [5, 5.41) is 4.21. The molecule has 1 heterocycles. The molecule has 0 aliphatic carbocycles. The fourth-order valence-electron chi connectivity index (χ4n) is 2.75. The quantitative estimate of drug-likeness (QED) is 0.868. The molecule has 1 aromatic carbocycles. The maximum atomic E-state index is 6.12. The number of likely N-dealkylation sites (N-methyl/N-ethyl adjacent to an activating group) is 1. The molecule has 4 heteroatoms. The number of nitrogens with zero attached hydrogens (tertiary/aromatic N) is 1. The van der Waals surface area contributed by atoms with Gasteiger partial charge in [0.05, 0.1) is 12.1 Å². The van der Waals surface area contributed by atoms with Crippen LogP contribution in [0.1, 0.15) is 25.3 Å². The zero-order valence-corrected chi connectivity index (χ0v) is 12.5. The Morgan fingerprint density at radius 1 is 1.47 bits per heavy atom. The highest BCUT2D eigenvalue weighted by atomic mass is 35.5. The van der Waals surface area contributed by atoms with Gasteiger partial charge in [-0.25, -0.2) is 0 Å². The van der Waals surface area contributed by atoms with E-state index in [1.165, 1.54) is 24.9 Å². The fourth-order valence-corrected chi connectivity index (χ4v) is 3.03. The lowest BCUT2D eigenvalue weighted by Crippen LogP contribution is -2.37. The molecule has 0 unspecified atom stereocenters. The molecule has 1 fully saturated rings. The molecule has 0 bridgehead atoms. The van der Waals surface area contributed by atoms with E-state index in [1.807, 2.05) is 12.1 Å². The first-order valence-electron chi connectivity index (χ1n) is 7.01. The molecule has 2 rings (SSSR count). The first kappa shape index (κ1) is 14.6. The molecule has 0 radical (unpaired) electrons. The third-order valence-electron chi connectivity index (χ3n) is 3.83. The third-order valence-corrected chi connectivity index (χ3v) is 4.13. The SMILES string of the molecule is CCN1CCC[C@H]1CNCc1ccc(OC)c(Cl)c1. The highest BCUT2D eigenvalue weighted by Crippen LogP contribution is 2.24. The predicted octanol–water partition coefficient (Wildman–Crippen LogP) is 2.92. The van der Waals surface area contributed by atoms with Crippen molar-refractivity contribution in [2.24, 2.45) is 0 Å². The Kier molecular flexibility index (Phi) is 5.49. The van der Waals surface area contributed by atoms with Gasteiger partial charge in [0.2, 0.25) is 0 Å². The minimum Gasteiger partial charge on any atom is -0.495 e. The molecule has 106 valence electrons. The lowest BCUT2D eigenvalue weighted by atomic mass is 10.2. The van der Waals surface area contributed by atoms with Crippen LogP contribution in [0, 0.1) is 0 Å². The van der Waals surface area contributed by atoms with Crippen LogP contribution in [0.5, 0.6) is 5.75 Å². The first-order chi connectivity index (χ1) is 9.24. The second-order valence-corrected chi connectivity index (χ2v) is 5.43. The molecule has 1 saturated heterocycles. The van der Waals surface area contributed by atoms with Crippen molar-refractivity contribution in [3.8, 4) is 5.75 Å². The zero-order valence-electron chi connectivity index (χ0n) is 11.8. The summed E-state index contributed by atoms with van der Waals surface area (Å²) < 4.78 is 5.16. The van der Waals surface area contributed by atoms with Crippen molar-refractivity contribution in [3.05, 3.63) is 28.8 Å². The van der Waals surface area contributed by atoms with Crippen LogP contribution >= 0.6 is 11.6 Å². The van der Waals surface area contributed by atoms with Crippen LogP contribution in [0.25, 0.3) is 0 Å². The van der Waals surface area contributed by atoms with Crippen LogP contribution in [0.3, 0.4) is 0 Å². The van der Waals surface area contributed by atoms with Gasteiger partial charge in [-0.1, -0.05) is 24.6 Å². The average Bonchev–Trinajstić information content (AvgIpc) is 2.86. The van der Waals surface area contributed by atoms with Gasteiger partial charge in [-0.05, 0) is 43.6 Å². The Balaban J connectivity index is 1.81. The molecular weight excluding hydrogens is 260 g/mol. The summed E-state index contributed by atoms with van der Waals surface area (Å²) in [7, 11) is 1.64. The standard InChI is InChI=1S/C15H23ClN2O/c1-3-18-8-4-5-13(18)11-17-10-12-6-7-15(19-2)14(16)9-12/h6-7,9,13,17H,3-5,8,10-11H2,1-2H3/t13-/m0/s1. The summed E-state index contributed by atoms with van der Waals surface area (Å²) in [6.45, 7) is 6.55. The van der Waals surface area contributed by atoms with E-state index in [-0.39, 0.29) is 0 Å². The summed E-state index contributed by atoms with van der Waals surface area (Å²) in [4.78, 5) is 2.55. The van der Waals surface area contributed by atoms with E-state index < -0.39 is 0 Å². The van der Waals surface area contributed by atoms with Gasteiger partial charge in [0, 0.05) is 19.1 Å². The van der Waals surface area contributed by atoms with Crippen molar-refractivity contribution in [1.82, 2.24) is 10.2 Å². The van der Waals surface area contributed by atoms with Crippen LogP contribution in [-0.4, -0.2) is 37.7 Å². The number of rotatable bonds is 6. The Bertz CT molecular complexity index is 411. The fraction of sp³-hybridized carbons (Fsp3) is 0.600. The number of hydrogen-bond donors (Lipinski definition) is 1. The van der Waals surface area contributed by atoms with Gasteiger partial charge < -0.3 is 10.1 Å². The van der Waals surface area contributed by atoms with Gasteiger partial charge in [0.1, 0.15) is 5.75 Å². The molecule has 1 N–H and O–H groups in total. The van der Waals surface area contributed by atoms with Crippen LogP contribution in [0.4, 0.5) is 0 Å². The Morgan fingerprint density at radius 3 is 3.00 bits per heavy atom. The highest BCUT2D eigenvalue weighted by molar-refractivity contribution is 6.32. The second-order valence-electron chi connectivity index (χ2n) is 5.02. The number of nitrogens with one attached hydrogen (secondary N) is 1. The summed E-state index contributed by atoms with van der Waals surface area (Å²) in [5.41, 5.74) is 1.20. The molecular formula is C15H23ClN2O. The highest BCUT2D eigenvalue weighted by Gasteiger charge is 2.21. The Labute approximate surface area is 120 Å². The van der Waals surface area contributed by atoms with E-state index in [9.17, 15) is 0 Å². The van der Waals surface area contributed by atoms with E-state index in [0.29, 0.717) is 11.1 Å². The molecule has 1 aliphatic rings. The van der Waals surface area contributed by atoms with Crippen LogP contribution in [-0.2, 0) is 6.54 Å².